The molecule has 1 amide bonds. The number of rotatable bonds is 6. The van der Waals surface area contributed by atoms with Crippen LogP contribution in [0.4, 0.5) is 26.3 Å². The molecule has 0 spiro atoms. The van der Waals surface area contributed by atoms with Crippen LogP contribution in [0.2, 0.25) is 0 Å². The Labute approximate surface area is 225 Å². The number of halogens is 6. The van der Waals surface area contributed by atoms with Gasteiger partial charge in [0.2, 0.25) is 5.91 Å². The van der Waals surface area contributed by atoms with Crippen LogP contribution in [0.25, 0.3) is 0 Å². The minimum Gasteiger partial charge on any atom is -0.352 e. The summed E-state index contributed by atoms with van der Waals surface area (Å²) in [5.74, 6) is 0.0246. The minimum absolute atomic E-state index is 0.0424. The molecule has 1 aromatic rings. The zero-order chi connectivity index (χ0) is 28.6. The first kappa shape index (κ1) is 29.4. The Bertz CT molecular complexity index is 1070. The number of hydrogen-bond donors (Lipinski definition) is 1. The second kappa shape index (κ2) is 11.1. The molecule has 39 heavy (non-hydrogen) atoms. The van der Waals surface area contributed by atoms with Gasteiger partial charge in [0.1, 0.15) is 0 Å². The van der Waals surface area contributed by atoms with E-state index in [1.165, 1.54) is 0 Å². The Morgan fingerprint density at radius 1 is 1.10 bits per heavy atom. The molecule has 0 radical (unpaired) electrons. The summed E-state index contributed by atoms with van der Waals surface area (Å²) in [4.78, 5) is 15.9. The highest BCUT2D eigenvalue weighted by Crippen LogP contribution is 2.47. The van der Waals surface area contributed by atoms with Gasteiger partial charge >= 0.3 is 12.4 Å². The van der Waals surface area contributed by atoms with Crippen molar-refractivity contribution in [3.63, 3.8) is 0 Å². The molecule has 1 aliphatic carbocycles. The molecule has 4 unspecified atom stereocenters. The molecule has 11 heteroatoms. The summed E-state index contributed by atoms with van der Waals surface area (Å²) in [6, 6.07) is 1.97. The van der Waals surface area contributed by atoms with Crippen molar-refractivity contribution < 1.29 is 31.1 Å². The normalized spacial score (nSPS) is 28.4. The van der Waals surface area contributed by atoms with E-state index < -0.39 is 35.4 Å². The van der Waals surface area contributed by atoms with Gasteiger partial charge in [-0.2, -0.15) is 31.4 Å². The number of allylic oxidation sites excluding steroid dienone is 1. The third kappa shape index (κ3) is 6.44. The number of benzene rings is 1. The van der Waals surface area contributed by atoms with Gasteiger partial charge < -0.3 is 5.32 Å². The fourth-order valence-corrected chi connectivity index (χ4v) is 6.39. The predicted molar refractivity (Wildman–Crippen MR) is 137 cm³/mol. The van der Waals surface area contributed by atoms with Crippen LogP contribution in [0.5, 0.6) is 0 Å². The molecule has 1 N–H and O–H groups in total. The van der Waals surface area contributed by atoms with Crippen LogP contribution in [-0.4, -0.2) is 53.7 Å². The number of carbonyl (C=O) groups is 1. The lowest BCUT2D eigenvalue weighted by Crippen LogP contribution is -2.52. The predicted octanol–water partition coefficient (Wildman–Crippen LogP) is 6.10. The second-order valence-corrected chi connectivity index (χ2v) is 11.4. The molecule has 1 saturated heterocycles. The molecule has 2 fully saturated rings. The highest BCUT2D eigenvalue weighted by atomic mass is 19.4. The van der Waals surface area contributed by atoms with Crippen molar-refractivity contribution in [1.82, 2.24) is 15.2 Å². The molecule has 216 valence electrons. The van der Waals surface area contributed by atoms with Gasteiger partial charge in [-0.05, 0) is 67.4 Å². The van der Waals surface area contributed by atoms with Gasteiger partial charge in [0.05, 0.1) is 29.1 Å². The van der Waals surface area contributed by atoms with Crippen molar-refractivity contribution in [1.29, 1.82) is 0 Å². The molecule has 1 aromatic carbocycles. The quantitative estimate of drug-likeness (QED) is 0.429. The van der Waals surface area contributed by atoms with E-state index in [9.17, 15) is 31.1 Å². The Morgan fingerprint density at radius 3 is 2.31 bits per heavy atom. The van der Waals surface area contributed by atoms with E-state index in [-0.39, 0.29) is 29.5 Å². The summed E-state index contributed by atoms with van der Waals surface area (Å²) in [5, 5.41) is 9.31. The fraction of sp³-hybridized carbons (Fsp3) is 0.643. The summed E-state index contributed by atoms with van der Waals surface area (Å²) < 4.78 is 79.5. The SMILES string of the molecule is CC1CN(C2CCC(C(=O)NCc3cc(C(F)(F)F)cc(C(F)(F)F)c3)(C(C)C)C2)CCC1N1CC=CC=N1. The fourth-order valence-electron chi connectivity index (χ4n) is 6.39. The first-order chi connectivity index (χ1) is 18.2. The Balaban J connectivity index is 1.43. The number of amides is 1. The van der Waals surface area contributed by atoms with Crippen LogP contribution >= 0.6 is 0 Å². The molecule has 3 aliphatic rings. The maximum absolute atomic E-state index is 13.5. The largest absolute Gasteiger partial charge is 0.416 e. The molecule has 2 aliphatic heterocycles. The number of alkyl halides is 6. The van der Waals surface area contributed by atoms with Gasteiger partial charge in [0.25, 0.3) is 0 Å². The van der Waals surface area contributed by atoms with E-state index in [4.69, 9.17) is 0 Å². The standard InChI is InChI=1S/C28H36F6N4O/c1-18(2)26(25(39)35-16-20-12-21(27(29,30)31)14-22(13-20)28(32,33)34)8-6-23(15-26)37-11-7-24(19(3)17-37)38-10-5-4-9-36-38/h4-5,9,12-14,18-19,23-24H,6-8,10-11,15-17H2,1-3H3,(H,35,39). The molecule has 0 bridgehead atoms. The van der Waals surface area contributed by atoms with Crippen LogP contribution in [0.1, 0.15) is 63.1 Å². The molecule has 4 rings (SSSR count). The van der Waals surface area contributed by atoms with Gasteiger partial charge in [-0.3, -0.25) is 14.7 Å². The van der Waals surface area contributed by atoms with E-state index in [0.29, 0.717) is 36.9 Å². The Morgan fingerprint density at radius 2 is 1.77 bits per heavy atom. The van der Waals surface area contributed by atoms with Gasteiger partial charge in [-0.25, -0.2) is 0 Å². The lowest BCUT2D eigenvalue weighted by atomic mass is 9.74. The van der Waals surface area contributed by atoms with Gasteiger partial charge in [0, 0.05) is 31.9 Å². The number of piperidine rings is 1. The van der Waals surface area contributed by atoms with Crippen LogP contribution in [0.15, 0.2) is 35.5 Å². The molecular weight excluding hydrogens is 522 g/mol. The molecule has 4 atom stereocenters. The van der Waals surface area contributed by atoms with E-state index in [1.54, 1.807) is 6.21 Å². The summed E-state index contributed by atoms with van der Waals surface area (Å²) in [7, 11) is 0. The van der Waals surface area contributed by atoms with Crippen LogP contribution in [0.3, 0.4) is 0 Å². The van der Waals surface area contributed by atoms with Crippen molar-refractivity contribution in [3.8, 4) is 0 Å². The summed E-state index contributed by atoms with van der Waals surface area (Å²) in [6.45, 7) is 8.27. The molecule has 0 aromatic heterocycles. The maximum Gasteiger partial charge on any atom is 0.416 e. The average Bonchev–Trinajstić information content (AvgIpc) is 3.34. The van der Waals surface area contributed by atoms with Gasteiger partial charge in [-0.15, -0.1) is 0 Å². The number of nitrogens with zero attached hydrogens (tertiary/aromatic N) is 3. The van der Waals surface area contributed by atoms with Gasteiger partial charge in [-0.1, -0.05) is 26.8 Å². The average molecular weight is 559 g/mol. The van der Waals surface area contributed by atoms with Crippen LogP contribution < -0.4 is 5.32 Å². The second-order valence-electron chi connectivity index (χ2n) is 11.4. The maximum atomic E-state index is 13.5. The van der Waals surface area contributed by atoms with Gasteiger partial charge in [0.15, 0.2) is 0 Å². The van der Waals surface area contributed by atoms with Crippen molar-refractivity contribution in [2.24, 2.45) is 22.4 Å². The van der Waals surface area contributed by atoms with Crippen LogP contribution in [0, 0.1) is 17.3 Å². The van der Waals surface area contributed by atoms with Crippen molar-refractivity contribution >= 4 is 12.1 Å². The number of carbonyl (C=O) groups excluding carboxylic acids is 1. The molecule has 1 saturated carbocycles. The molecule has 5 nitrogen and oxygen atoms in total. The number of hydrazone groups is 1. The zero-order valence-electron chi connectivity index (χ0n) is 22.4. The minimum atomic E-state index is -4.93. The summed E-state index contributed by atoms with van der Waals surface area (Å²) in [6.07, 6.45) is -1.04. The number of likely N-dealkylation sites (tertiary alicyclic amines) is 1. The number of nitrogens with one attached hydrogen (secondary N) is 1. The summed E-state index contributed by atoms with van der Waals surface area (Å²) in [5.41, 5.74) is -3.74. The van der Waals surface area contributed by atoms with Crippen LogP contribution in [-0.2, 0) is 23.7 Å². The molecule has 2 heterocycles. The number of hydrogen-bond acceptors (Lipinski definition) is 4. The Kier molecular flexibility index (Phi) is 8.40. The molecular formula is C28H36F6N4O. The lowest BCUT2D eigenvalue weighted by Gasteiger charge is -2.44. The third-order valence-electron chi connectivity index (χ3n) is 8.70. The summed E-state index contributed by atoms with van der Waals surface area (Å²) >= 11 is 0. The monoisotopic (exact) mass is 558 g/mol. The third-order valence-corrected chi connectivity index (χ3v) is 8.70. The van der Waals surface area contributed by atoms with E-state index in [1.807, 2.05) is 19.9 Å². The zero-order valence-corrected chi connectivity index (χ0v) is 22.4. The lowest BCUT2D eigenvalue weighted by molar-refractivity contribution is -0.143. The van der Waals surface area contributed by atoms with E-state index in [0.717, 1.165) is 32.5 Å². The first-order valence-corrected chi connectivity index (χ1v) is 13.5. The highest BCUT2D eigenvalue weighted by Gasteiger charge is 2.49. The smallest absolute Gasteiger partial charge is 0.352 e. The van der Waals surface area contributed by atoms with E-state index in [2.05, 4.69) is 33.3 Å². The highest BCUT2D eigenvalue weighted by molar-refractivity contribution is 5.83. The van der Waals surface area contributed by atoms with Crippen molar-refractivity contribution in [3.05, 3.63) is 47.0 Å². The first-order valence-electron chi connectivity index (χ1n) is 13.5. The van der Waals surface area contributed by atoms with Crippen molar-refractivity contribution in [2.45, 2.75) is 77.4 Å². The van der Waals surface area contributed by atoms with E-state index >= 15 is 0 Å². The Hall–Kier alpha value is -2.56. The topological polar surface area (TPSA) is 47.9 Å². The van der Waals surface area contributed by atoms with Crippen molar-refractivity contribution in [2.75, 3.05) is 19.6 Å².